The zero-order valence-electron chi connectivity index (χ0n) is 27.4. The number of para-hydroxylation sites is 2. The van der Waals surface area contributed by atoms with Gasteiger partial charge in [0, 0.05) is 27.6 Å². The first-order chi connectivity index (χ1) is 24.0. The van der Waals surface area contributed by atoms with Crippen molar-refractivity contribution in [3.05, 3.63) is 175 Å². The second kappa shape index (κ2) is 10.4. The van der Waals surface area contributed by atoms with Crippen molar-refractivity contribution in [2.24, 2.45) is 0 Å². The van der Waals surface area contributed by atoms with Gasteiger partial charge in [0.15, 0.2) is 5.58 Å². The standard InChI is InChI=1S/C47H33NO/c1-47(2)42-29-33-15-7-6-14-32(33)28-41(42)39-24-22-34-27-36(23-25-37(34)45(39)47)48(35-17-10-16-31(26-35)30-12-4-3-5-13-30)43-20-11-19-40-38-18-8-9-21-44(38)49-46(40)43/h3-29H,1-2H3. The number of fused-ring (bicyclic) bond motifs is 9. The molecule has 10 rings (SSSR count). The molecule has 1 aliphatic rings. The fourth-order valence-corrected chi connectivity index (χ4v) is 8.26. The van der Waals surface area contributed by atoms with Gasteiger partial charge in [-0.05, 0) is 103 Å². The molecule has 1 heterocycles. The first-order valence-corrected chi connectivity index (χ1v) is 17.0. The molecule has 0 radical (unpaired) electrons. The first kappa shape index (κ1) is 27.9. The highest BCUT2D eigenvalue weighted by atomic mass is 16.3. The van der Waals surface area contributed by atoms with Gasteiger partial charge in [-0.2, -0.15) is 0 Å². The Morgan fingerprint density at radius 3 is 2.06 bits per heavy atom. The van der Waals surface area contributed by atoms with E-state index in [0.717, 1.165) is 39.0 Å². The summed E-state index contributed by atoms with van der Waals surface area (Å²) < 4.78 is 6.62. The van der Waals surface area contributed by atoms with Crippen LogP contribution in [0.25, 0.3) is 65.7 Å². The maximum atomic E-state index is 6.62. The number of benzene rings is 8. The van der Waals surface area contributed by atoms with E-state index in [1.54, 1.807) is 0 Å². The van der Waals surface area contributed by atoms with Crippen LogP contribution in [0.4, 0.5) is 17.1 Å². The molecular formula is C47H33NO. The second-order valence-corrected chi connectivity index (χ2v) is 13.8. The van der Waals surface area contributed by atoms with Gasteiger partial charge >= 0.3 is 0 Å². The summed E-state index contributed by atoms with van der Waals surface area (Å²) >= 11 is 0. The molecule has 232 valence electrons. The van der Waals surface area contributed by atoms with E-state index in [0.29, 0.717) is 0 Å². The molecule has 0 spiro atoms. The molecule has 0 fully saturated rings. The third-order valence-corrected chi connectivity index (χ3v) is 10.6. The molecule has 2 heteroatoms. The highest BCUT2D eigenvalue weighted by Gasteiger charge is 2.37. The fourth-order valence-electron chi connectivity index (χ4n) is 8.26. The van der Waals surface area contributed by atoms with Gasteiger partial charge in [0.05, 0.1) is 5.69 Å². The van der Waals surface area contributed by atoms with Crippen LogP contribution < -0.4 is 4.90 Å². The molecular weight excluding hydrogens is 595 g/mol. The summed E-state index contributed by atoms with van der Waals surface area (Å²) in [6.45, 7) is 4.76. The van der Waals surface area contributed by atoms with Crippen LogP contribution in [0.2, 0.25) is 0 Å². The zero-order chi connectivity index (χ0) is 32.7. The molecule has 0 aliphatic heterocycles. The maximum absolute atomic E-state index is 6.62. The Bertz CT molecular complexity index is 2750. The summed E-state index contributed by atoms with van der Waals surface area (Å²) in [5.41, 5.74) is 12.7. The molecule has 0 bridgehead atoms. The normalized spacial score (nSPS) is 13.3. The Labute approximate surface area is 285 Å². The summed E-state index contributed by atoms with van der Waals surface area (Å²) in [6, 6.07) is 59.3. The lowest BCUT2D eigenvalue weighted by Crippen LogP contribution is -2.15. The highest BCUT2D eigenvalue weighted by molar-refractivity contribution is 6.11. The molecule has 0 saturated heterocycles. The lowest BCUT2D eigenvalue weighted by Gasteiger charge is -2.27. The highest BCUT2D eigenvalue weighted by Crippen LogP contribution is 2.53. The molecule has 0 unspecified atom stereocenters. The summed E-state index contributed by atoms with van der Waals surface area (Å²) in [6.07, 6.45) is 0. The van der Waals surface area contributed by atoms with Crippen molar-refractivity contribution in [2.45, 2.75) is 19.3 Å². The minimum absolute atomic E-state index is 0.126. The average Bonchev–Trinajstić information content (AvgIpc) is 3.64. The van der Waals surface area contributed by atoms with Crippen molar-refractivity contribution in [3.8, 4) is 22.3 Å². The van der Waals surface area contributed by atoms with Gasteiger partial charge in [0.25, 0.3) is 0 Å². The predicted octanol–water partition coefficient (Wildman–Crippen LogP) is 13.3. The van der Waals surface area contributed by atoms with Crippen LogP contribution in [-0.4, -0.2) is 0 Å². The van der Waals surface area contributed by atoms with E-state index in [1.807, 2.05) is 6.07 Å². The lowest BCUT2D eigenvalue weighted by atomic mass is 9.80. The molecule has 0 atom stereocenters. The number of rotatable bonds is 4. The van der Waals surface area contributed by atoms with Crippen molar-refractivity contribution in [1.29, 1.82) is 0 Å². The van der Waals surface area contributed by atoms with Gasteiger partial charge in [0.2, 0.25) is 0 Å². The van der Waals surface area contributed by atoms with Gasteiger partial charge in [-0.3, -0.25) is 0 Å². The molecule has 8 aromatic carbocycles. The second-order valence-electron chi connectivity index (χ2n) is 13.8. The number of hydrogen-bond acceptors (Lipinski definition) is 2. The molecule has 0 N–H and O–H groups in total. The first-order valence-electron chi connectivity index (χ1n) is 17.0. The van der Waals surface area contributed by atoms with Gasteiger partial charge in [-0.1, -0.05) is 129 Å². The van der Waals surface area contributed by atoms with Crippen molar-refractivity contribution >= 4 is 60.5 Å². The van der Waals surface area contributed by atoms with Crippen LogP contribution in [0, 0.1) is 0 Å². The summed E-state index contributed by atoms with van der Waals surface area (Å²) in [5.74, 6) is 0. The van der Waals surface area contributed by atoms with Crippen molar-refractivity contribution in [3.63, 3.8) is 0 Å². The minimum atomic E-state index is -0.126. The van der Waals surface area contributed by atoms with Gasteiger partial charge in [-0.15, -0.1) is 0 Å². The van der Waals surface area contributed by atoms with Gasteiger partial charge < -0.3 is 9.32 Å². The Kier molecular flexibility index (Phi) is 5.95. The van der Waals surface area contributed by atoms with E-state index < -0.39 is 0 Å². The summed E-state index contributed by atoms with van der Waals surface area (Å²) in [4.78, 5) is 2.36. The van der Waals surface area contributed by atoms with Crippen molar-refractivity contribution in [1.82, 2.24) is 0 Å². The smallest absolute Gasteiger partial charge is 0.159 e. The molecule has 9 aromatic rings. The largest absolute Gasteiger partial charge is 0.454 e. The SMILES string of the molecule is CC1(C)c2cc3ccccc3cc2-c2ccc3cc(N(c4cccc(-c5ccccc5)c4)c4cccc5c4oc4ccccc45)ccc3c21. The van der Waals surface area contributed by atoms with E-state index in [-0.39, 0.29) is 5.41 Å². The fraction of sp³-hybridized carbons (Fsp3) is 0.0638. The topological polar surface area (TPSA) is 16.4 Å². The van der Waals surface area contributed by atoms with E-state index >= 15 is 0 Å². The Morgan fingerprint density at radius 2 is 1.18 bits per heavy atom. The van der Waals surface area contributed by atoms with Crippen LogP contribution in [0.15, 0.2) is 168 Å². The zero-order valence-corrected chi connectivity index (χ0v) is 27.4. The van der Waals surface area contributed by atoms with Gasteiger partial charge in [0.1, 0.15) is 5.58 Å². The quantitative estimate of drug-likeness (QED) is 0.193. The average molecular weight is 628 g/mol. The number of nitrogens with zero attached hydrogens (tertiary/aromatic N) is 1. The van der Waals surface area contributed by atoms with Crippen LogP contribution in [0.5, 0.6) is 0 Å². The van der Waals surface area contributed by atoms with Crippen LogP contribution in [-0.2, 0) is 5.41 Å². The molecule has 0 saturated carbocycles. The van der Waals surface area contributed by atoms with E-state index in [1.165, 1.54) is 54.9 Å². The summed E-state index contributed by atoms with van der Waals surface area (Å²) in [5, 5.41) is 7.34. The van der Waals surface area contributed by atoms with Crippen LogP contribution >= 0.6 is 0 Å². The van der Waals surface area contributed by atoms with E-state index in [2.05, 4.69) is 176 Å². The third-order valence-electron chi connectivity index (χ3n) is 10.6. The molecule has 49 heavy (non-hydrogen) atoms. The molecule has 2 nitrogen and oxygen atoms in total. The Hall–Kier alpha value is -6.12. The molecule has 0 amide bonds. The van der Waals surface area contributed by atoms with E-state index in [9.17, 15) is 0 Å². The Balaban J connectivity index is 1.19. The van der Waals surface area contributed by atoms with Crippen molar-refractivity contribution in [2.75, 3.05) is 4.90 Å². The minimum Gasteiger partial charge on any atom is -0.454 e. The maximum Gasteiger partial charge on any atom is 0.159 e. The summed E-state index contributed by atoms with van der Waals surface area (Å²) in [7, 11) is 0. The Morgan fingerprint density at radius 1 is 0.469 bits per heavy atom. The molecule has 1 aliphatic carbocycles. The van der Waals surface area contributed by atoms with Gasteiger partial charge in [-0.25, -0.2) is 0 Å². The van der Waals surface area contributed by atoms with Crippen molar-refractivity contribution < 1.29 is 4.42 Å². The van der Waals surface area contributed by atoms with Crippen LogP contribution in [0.3, 0.4) is 0 Å². The molecule has 1 aromatic heterocycles. The third kappa shape index (κ3) is 4.20. The number of furan rings is 1. The number of anilines is 3. The van der Waals surface area contributed by atoms with Crippen LogP contribution in [0.1, 0.15) is 25.0 Å². The lowest BCUT2D eigenvalue weighted by molar-refractivity contribution is 0.667. The van der Waals surface area contributed by atoms with E-state index in [4.69, 9.17) is 4.42 Å². The monoisotopic (exact) mass is 627 g/mol. The number of hydrogen-bond donors (Lipinski definition) is 0. The predicted molar refractivity (Wildman–Crippen MR) is 206 cm³/mol.